The zero-order valence-electron chi connectivity index (χ0n) is 14.9. The first-order valence-electron chi connectivity index (χ1n) is 9.17. The first-order valence-corrected chi connectivity index (χ1v) is 9.17. The Labute approximate surface area is 153 Å². The molecule has 7 heteroatoms. The lowest BCUT2D eigenvalue weighted by atomic mass is 9.85. The molecular weight excluding hydrogens is 332 g/mol. The molecule has 1 spiro atoms. The summed E-state index contributed by atoms with van der Waals surface area (Å²) >= 11 is 0. The smallest absolute Gasteiger partial charge is 0.247 e. The molecule has 7 nitrogen and oxygen atoms in total. The van der Waals surface area contributed by atoms with Crippen LogP contribution in [0.1, 0.15) is 31.2 Å². The van der Waals surface area contributed by atoms with Crippen molar-refractivity contribution in [1.29, 1.82) is 0 Å². The van der Waals surface area contributed by atoms with Gasteiger partial charge in [0.1, 0.15) is 5.54 Å². The van der Waals surface area contributed by atoms with Crippen molar-refractivity contribution in [2.24, 2.45) is 5.73 Å². The summed E-state index contributed by atoms with van der Waals surface area (Å²) in [5, 5.41) is 2.82. The molecule has 0 radical (unpaired) electrons. The molecule has 2 aliphatic rings. The van der Waals surface area contributed by atoms with E-state index < -0.39 is 5.54 Å². The minimum Gasteiger partial charge on any atom is -0.342 e. The fourth-order valence-electron chi connectivity index (χ4n) is 3.82. The predicted octanol–water partition coefficient (Wildman–Crippen LogP) is 0.245. The Kier molecular flexibility index (Phi) is 5.56. The average molecular weight is 358 g/mol. The summed E-state index contributed by atoms with van der Waals surface area (Å²) in [7, 11) is 0. The zero-order valence-corrected chi connectivity index (χ0v) is 14.9. The molecule has 2 fully saturated rings. The highest BCUT2D eigenvalue weighted by Gasteiger charge is 2.52. The highest BCUT2D eigenvalue weighted by molar-refractivity contribution is 5.95. The van der Waals surface area contributed by atoms with E-state index in [-0.39, 0.29) is 30.8 Å². The Morgan fingerprint density at radius 1 is 1.12 bits per heavy atom. The quantitative estimate of drug-likeness (QED) is 0.788. The second kappa shape index (κ2) is 7.86. The molecule has 2 aliphatic heterocycles. The van der Waals surface area contributed by atoms with Crippen LogP contribution in [0.25, 0.3) is 0 Å². The van der Waals surface area contributed by atoms with Crippen molar-refractivity contribution >= 4 is 17.7 Å². The molecule has 0 saturated carbocycles. The molecule has 1 aromatic rings. The molecule has 0 unspecified atom stereocenters. The molecule has 26 heavy (non-hydrogen) atoms. The summed E-state index contributed by atoms with van der Waals surface area (Å²) in [6, 6.07) is 9.53. The van der Waals surface area contributed by atoms with Gasteiger partial charge in [0.2, 0.25) is 17.7 Å². The number of nitrogens with two attached hydrogens (primary N) is 1. The van der Waals surface area contributed by atoms with E-state index in [0.29, 0.717) is 45.3 Å². The van der Waals surface area contributed by atoms with Crippen molar-refractivity contribution in [3.8, 4) is 0 Å². The topological polar surface area (TPSA) is 95.7 Å². The molecule has 2 saturated heterocycles. The third-order valence-electron chi connectivity index (χ3n) is 5.37. The van der Waals surface area contributed by atoms with Crippen LogP contribution < -0.4 is 11.1 Å². The van der Waals surface area contributed by atoms with Gasteiger partial charge in [0.15, 0.2) is 0 Å². The van der Waals surface area contributed by atoms with Gasteiger partial charge in [-0.25, -0.2) is 0 Å². The number of piperidine rings is 1. The van der Waals surface area contributed by atoms with Crippen molar-refractivity contribution < 1.29 is 14.4 Å². The molecule has 0 aliphatic carbocycles. The van der Waals surface area contributed by atoms with Crippen LogP contribution in [0.2, 0.25) is 0 Å². The maximum atomic E-state index is 12.8. The number of benzene rings is 1. The van der Waals surface area contributed by atoms with E-state index in [1.807, 2.05) is 30.3 Å². The van der Waals surface area contributed by atoms with Crippen molar-refractivity contribution in [2.45, 2.75) is 37.6 Å². The van der Waals surface area contributed by atoms with Crippen LogP contribution in [0.4, 0.5) is 0 Å². The Bertz CT molecular complexity index is 669. The van der Waals surface area contributed by atoms with Gasteiger partial charge in [0.05, 0.1) is 13.1 Å². The van der Waals surface area contributed by atoms with Gasteiger partial charge in [-0.2, -0.15) is 0 Å². The summed E-state index contributed by atoms with van der Waals surface area (Å²) in [6.45, 7) is 1.72. The fourth-order valence-corrected chi connectivity index (χ4v) is 3.82. The van der Waals surface area contributed by atoms with Crippen LogP contribution in [0.15, 0.2) is 30.3 Å². The van der Waals surface area contributed by atoms with Crippen molar-refractivity contribution in [3.63, 3.8) is 0 Å². The zero-order chi connectivity index (χ0) is 18.6. The Hall–Kier alpha value is -2.41. The monoisotopic (exact) mass is 358 g/mol. The maximum Gasteiger partial charge on any atom is 0.247 e. The lowest BCUT2D eigenvalue weighted by molar-refractivity contribution is -0.145. The molecule has 0 bridgehead atoms. The lowest BCUT2D eigenvalue weighted by Crippen LogP contribution is -2.58. The van der Waals surface area contributed by atoms with Crippen LogP contribution in [0.5, 0.6) is 0 Å². The summed E-state index contributed by atoms with van der Waals surface area (Å²) in [4.78, 5) is 41.0. The van der Waals surface area contributed by atoms with Gasteiger partial charge in [-0.05, 0) is 31.4 Å². The number of carbonyl (C=O) groups is 3. The number of hydrogen-bond acceptors (Lipinski definition) is 4. The third-order valence-corrected chi connectivity index (χ3v) is 5.37. The SMILES string of the molecule is NCCCC(=O)N1CCC2(CC1)C(=O)NCN2C(=O)Cc1ccccc1. The molecule has 2 heterocycles. The third kappa shape index (κ3) is 3.58. The van der Waals surface area contributed by atoms with E-state index in [1.165, 1.54) is 0 Å². The average Bonchev–Trinajstić information content (AvgIpc) is 2.97. The number of rotatable bonds is 5. The second-order valence-electron chi connectivity index (χ2n) is 6.95. The van der Waals surface area contributed by atoms with E-state index in [4.69, 9.17) is 5.73 Å². The van der Waals surface area contributed by atoms with Crippen LogP contribution in [0, 0.1) is 0 Å². The van der Waals surface area contributed by atoms with Crippen LogP contribution in [-0.2, 0) is 20.8 Å². The van der Waals surface area contributed by atoms with Gasteiger partial charge in [0.25, 0.3) is 0 Å². The van der Waals surface area contributed by atoms with E-state index in [1.54, 1.807) is 9.80 Å². The molecule has 0 aromatic heterocycles. The standard InChI is InChI=1S/C19H26N4O3/c20-10-4-7-16(24)22-11-8-19(9-12-22)18(26)21-14-23(19)17(25)13-15-5-2-1-3-6-15/h1-3,5-6H,4,7-14,20H2,(H,21,26). The number of likely N-dealkylation sites (tertiary alicyclic amines) is 1. The Balaban J connectivity index is 1.66. The lowest BCUT2D eigenvalue weighted by Gasteiger charge is -2.42. The Morgan fingerprint density at radius 3 is 2.46 bits per heavy atom. The van der Waals surface area contributed by atoms with Gasteiger partial charge >= 0.3 is 0 Å². The molecular formula is C19H26N4O3. The number of hydrogen-bond donors (Lipinski definition) is 2. The van der Waals surface area contributed by atoms with Gasteiger partial charge in [-0.15, -0.1) is 0 Å². The van der Waals surface area contributed by atoms with E-state index in [9.17, 15) is 14.4 Å². The number of nitrogens with zero attached hydrogens (tertiary/aromatic N) is 2. The van der Waals surface area contributed by atoms with Crippen LogP contribution in [-0.4, -0.2) is 59.4 Å². The van der Waals surface area contributed by atoms with E-state index >= 15 is 0 Å². The summed E-state index contributed by atoms with van der Waals surface area (Å²) in [5.41, 5.74) is 5.57. The summed E-state index contributed by atoms with van der Waals surface area (Å²) < 4.78 is 0. The Morgan fingerprint density at radius 2 is 1.81 bits per heavy atom. The maximum absolute atomic E-state index is 12.8. The van der Waals surface area contributed by atoms with Gasteiger partial charge in [0, 0.05) is 19.5 Å². The largest absolute Gasteiger partial charge is 0.342 e. The predicted molar refractivity (Wildman–Crippen MR) is 96.8 cm³/mol. The molecule has 140 valence electrons. The van der Waals surface area contributed by atoms with E-state index in [2.05, 4.69) is 5.32 Å². The molecule has 3 N–H and O–H groups in total. The molecule has 3 amide bonds. The number of amides is 3. The van der Waals surface area contributed by atoms with Crippen molar-refractivity contribution in [2.75, 3.05) is 26.3 Å². The van der Waals surface area contributed by atoms with E-state index in [0.717, 1.165) is 5.56 Å². The first kappa shape index (κ1) is 18.4. The second-order valence-corrected chi connectivity index (χ2v) is 6.95. The van der Waals surface area contributed by atoms with Gasteiger partial charge in [-0.3, -0.25) is 14.4 Å². The molecule has 1 aromatic carbocycles. The highest BCUT2D eigenvalue weighted by Crippen LogP contribution is 2.33. The molecule has 0 atom stereocenters. The van der Waals surface area contributed by atoms with Crippen LogP contribution >= 0.6 is 0 Å². The minimum atomic E-state index is -0.823. The normalized spacial score (nSPS) is 18.9. The summed E-state index contributed by atoms with van der Waals surface area (Å²) in [5.74, 6) is -0.0868. The van der Waals surface area contributed by atoms with Crippen molar-refractivity contribution in [3.05, 3.63) is 35.9 Å². The van der Waals surface area contributed by atoms with Gasteiger partial charge in [-0.1, -0.05) is 30.3 Å². The fraction of sp³-hybridized carbons (Fsp3) is 0.526. The van der Waals surface area contributed by atoms with Crippen LogP contribution in [0.3, 0.4) is 0 Å². The number of nitrogens with one attached hydrogen (secondary N) is 1. The minimum absolute atomic E-state index is 0.0579. The van der Waals surface area contributed by atoms with Crippen molar-refractivity contribution in [1.82, 2.24) is 15.1 Å². The number of carbonyl (C=O) groups excluding carboxylic acids is 3. The highest BCUT2D eigenvalue weighted by atomic mass is 16.2. The molecule has 3 rings (SSSR count). The van der Waals surface area contributed by atoms with Gasteiger partial charge < -0.3 is 20.9 Å². The first-order chi connectivity index (χ1) is 12.6. The summed E-state index contributed by atoms with van der Waals surface area (Å²) in [6.07, 6.45) is 2.34.